The Labute approximate surface area is 392 Å². The average Bonchev–Trinajstić information content (AvgIpc) is 3.28. The van der Waals surface area contributed by atoms with E-state index in [0.29, 0.717) is 19.3 Å². The van der Waals surface area contributed by atoms with E-state index in [0.717, 1.165) is 77.0 Å². The summed E-state index contributed by atoms with van der Waals surface area (Å²) in [4.78, 5) is 38.1. The summed E-state index contributed by atoms with van der Waals surface area (Å²) in [6, 6.07) is 0. The van der Waals surface area contributed by atoms with Crippen molar-refractivity contribution in [2.24, 2.45) is 0 Å². The summed E-state index contributed by atoms with van der Waals surface area (Å²) < 4.78 is 16.9. The zero-order valence-electron chi connectivity index (χ0n) is 42.4. The van der Waals surface area contributed by atoms with Gasteiger partial charge in [-0.15, -0.1) is 0 Å². The Morgan fingerprint density at radius 3 is 0.952 bits per heavy atom. The number of hydrogen-bond donors (Lipinski definition) is 0. The number of rotatable bonds is 51. The molecular formula is C57H106O6. The molecule has 1 unspecified atom stereocenters. The first kappa shape index (κ1) is 60.9. The molecular weight excluding hydrogens is 781 g/mol. The van der Waals surface area contributed by atoms with Crippen LogP contribution in [0.15, 0.2) is 24.3 Å². The second-order valence-electron chi connectivity index (χ2n) is 18.8. The molecule has 6 nitrogen and oxygen atoms in total. The third-order valence-electron chi connectivity index (χ3n) is 12.5. The van der Waals surface area contributed by atoms with Gasteiger partial charge in [0.1, 0.15) is 13.2 Å². The van der Waals surface area contributed by atoms with Gasteiger partial charge in [-0.3, -0.25) is 14.4 Å². The predicted molar refractivity (Wildman–Crippen MR) is 270 cm³/mol. The standard InChI is InChI=1S/C57H106O6/c1-4-7-10-13-16-19-22-25-28-29-30-33-35-38-41-44-47-50-56(59)62-53-54(63-57(60)51-48-45-42-39-36-32-27-24-21-18-15-12-9-6-3)52-61-55(58)49-46-43-40-37-34-31-26-23-20-17-14-11-8-5-2/h9,12,18,21,54H,4-8,10-11,13-17,19-20,22-53H2,1-3H3/b12-9-,21-18-. The van der Waals surface area contributed by atoms with Crippen LogP contribution in [0.3, 0.4) is 0 Å². The molecule has 0 aliphatic rings. The molecule has 0 aliphatic heterocycles. The van der Waals surface area contributed by atoms with Crippen molar-refractivity contribution in [3.63, 3.8) is 0 Å². The van der Waals surface area contributed by atoms with Crippen LogP contribution in [0.1, 0.15) is 303 Å². The van der Waals surface area contributed by atoms with Gasteiger partial charge in [0.25, 0.3) is 0 Å². The Morgan fingerprint density at radius 1 is 0.333 bits per heavy atom. The summed E-state index contributed by atoms with van der Waals surface area (Å²) in [6.45, 7) is 6.57. The molecule has 0 saturated heterocycles. The van der Waals surface area contributed by atoms with Crippen molar-refractivity contribution in [1.82, 2.24) is 0 Å². The Hall–Kier alpha value is -2.11. The third kappa shape index (κ3) is 50.7. The number of hydrogen-bond acceptors (Lipinski definition) is 6. The minimum absolute atomic E-state index is 0.0691. The molecule has 0 aliphatic carbocycles. The lowest BCUT2D eigenvalue weighted by molar-refractivity contribution is -0.167. The number of unbranched alkanes of at least 4 members (excludes halogenated alkanes) is 36. The number of carbonyl (C=O) groups is 3. The van der Waals surface area contributed by atoms with Crippen LogP contribution in [-0.2, 0) is 28.6 Å². The van der Waals surface area contributed by atoms with Crippen molar-refractivity contribution < 1.29 is 28.6 Å². The molecule has 63 heavy (non-hydrogen) atoms. The highest BCUT2D eigenvalue weighted by Crippen LogP contribution is 2.17. The highest BCUT2D eigenvalue weighted by Gasteiger charge is 2.19. The number of carbonyl (C=O) groups excluding carboxylic acids is 3. The lowest BCUT2D eigenvalue weighted by Gasteiger charge is -2.18. The second kappa shape index (κ2) is 52.5. The zero-order chi connectivity index (χ0) is 45.8. The third-order valence-corrected chi connectivity index (χ3v) is 12.5. The fourth-order valence-corrected chi connectivity index (χ4v) is 8.31. The molecule has 0 radical (unpaired) electrons. The number of allylic oxidation sites excluding steroid dienone is 4. The molecule has 0 spiro atoms. The van der Waals surface area contributed by atoms with Crippen LogP contribution in [0, 0.1) is 0 Å². The molecule has 0 aromatic rings. The van der Waals surface area contributed by atoms with Gasteiger partial charge in [-0.2, -0.15) is 0 Å². The molecule has 0 amide bonds. The molecule has 0 fully saturated rings. The topological polar surface area (TPSA) is 78.9 Å². The molecule has 0 rings (SSSR count). The number of esters is 3. The van der Waals surface area contributed by atoms with Crippen molar-refractivity contribution in [2.45, 2.75) is 309 Å². The predicted octanol–water partition coefficient (Wildman–Crippen LogP) is 18.3. The van der Waals surface area contributed by atoms with Crippen molar-refractivity contribution in [3.8, 4) is 0 Å². The lowest BCUT2D eigenvalue weighted by atomic mass is 10.0. The Balaban J connectivity index is 4.31. The molecule has 0 saturated carbocycles. The van der Waals surface area contributed by atoms with Crippen molar-refractivity contribution in [1.29, 1.82) is 0 Å². The van der Waals surface area contributed by atoms with Gasteiger partial charge in [-0.25, -0.2) is 0 Å². The second-order valence-corrected chi connectivity index (χ2v) is 18.8. The summed E-state index contributed by atoms with van der Waals surface area (Å²) in [5.41, 5.74) is 0. The van der Waals surface area contributed by atoms with Crippen LogP contribution < -0.4 is 0 Å². The normalized spacial score (nSPS) is 12.1. The van der Waals surface area contributed by atoms with Gasteiger partial charge in [0.05, 0.1) is 0 Å². The smallest absolute Gasteiger partial charge is 0.306 e. The van der Waals surface area contributed by atoms with Gasteiger partial charge in [0.15, 0.2) is 6.10 Å². The van der Waals surface area contributed by atoms with E-state index in [1.54, 1.807) is 0 Å². The Bertz CT molecular complexity index is 1020. The first-order chi connectivity index (χ1) is 31.0. The van der Waals surface area contributed by atoms with Crippen LogP contribution in [-0.4, -0.2) is 37.2 Å². The largest absolute Gasteiger partial charge is 0.462 e. The highest BCUT2D eigenvalue weighted by atomic mass is 16.6. The van der Waals surface area contributed by atoms with E-state index in [1.807, 2.05) is 0 Å². The maximum absolute atomic E-state index is 12.8. The highest BCUT2D eigenvalue weighted by molar-refractivity contribution is 5.71. The van der Waals surface area contributed by atoms with E-state index in [-0.39, 0.29) is 31.1 Å². The zero-order valence-corrected chi connectivity index (χ0v) is 42.4. The van der Waals surface area contributed by atoms with Crippen molar-refractivity contribution >= 4 is 17.9 Å². The van der Waals surface area contributed by atoms with Crippen molar-refractivity contribution in [2.75, 3.05) is 13.2 Å². The van der Waals surface area contributed by atoms with E-state index in [2.05, 4.69) is 45.1 Å². The molecule has 0 bridgehead atoms. The molecule has 0 heterocycles. The van der Waals surface area contributed by atoms with Gasteiger partial charge in [-0.05, 0) is 44.9 Å². The van der Waals surface area contributed by atoms with Crippen LogP contribution in [0.25, 0.3) is 0 Å². The van der Waals surface area contributed by atoms with Gasteiger partial charge >= 0.3 is 17.9 Å². The minimum atomic E-state index is -0.769. The average molecular weight is 887 g/mol. The SMILES string of the molecule is CC/C=C\C/C=C\CCCCCCCCCC(=O)OC(COC(=O)CCCCCCCCCCCCCCCC)COC(=O)CCCCCCCCCCCCCCCCCCC. The van der Waals surface area contributed by atoms with Gasteiger partial charge in [-0.1, -0.05) is 263 Å². The number of ether oxygens (including phenoxy) is 3. The first-order valence-electron chi connectivity index (χ1n) is 27.8. The summed E-state index contributed by atoms with van der Waals surface area (Å²) in [5.74, 6) is -0.858. The Morgan fingerprint density at radius 2 is 0.619 bits per heavy atom. The van der Waals surface area contributed by atoms with E-state index in [4.69, 9.17) is 14.2 Å². The first-order valence-corrected chi connectivity index (χ1v) is 27.8. The molecule has 6 heteroatoms. The lowest BCUT2D eigenvalue weighted by Crippen LogP contribution is -2.30. The van der Waals surface area contributed by atoms with Crippen LogP contribution in [0.2, 0.25) is 0 Å². The summed E-state index contributed by atoms with van der Waals surface area (Å²) in [6.07, 6.45) is 60.2. The molecule has 1 atom stereocenters. The van der Waals surface area contributed by atoms with Crippen LogP contribution >= 0.6 is 0 Å². The molecule has 0 N–H and O–H groups in total. The van der Waals surface area contributed by atoms with E-state index < -0.39 is 6.10 Å². The maximum atomic E-state index is 12.8. The summed E-state index contributed by atoms with van der Waals surface area (Å²) in [7, 11) is 0. The van der Waals surface area contributed by atoms with E-state index in [9.17, 15) is 14.4 Å². The maximum Gasteiger partial charge on any atom is 0.306 e. The van der Waals surface area contributed by atoms with Crippen LogP contribution in [0.4, 0.5) is 0 Å². The minimum Gasteiger partial charge on any atom is -0.462 e. The quantitative estimate of drug-likeness (QED) is 0.0262. The van der Waals surface area contributed by atoms with Gasteiger partial charge in [0.2, 0.25) is 0 Å². The van der Waals surface area contributed by atoms with Crippen LogP contribution in [0.5, 0.6) is 0 Å². The monoisotopic (exact) mass is 887 g/mol. The molecule has 0 aromatic heterocycles. The summed E-state index contributed by atoms with van der Waals surface area (Å²) >= 11 is 0. The van der Waals surface area contributed by atoms with E-state index in [1.165, 1.54) is 186 Å². The van der Waals surface area contributed by atoms with Crippen molar-refractivity contribution in [3.05, 3.63) is 24.3 Å². The molecule has 370 valence electrons. The Kier molecular flexibility index (Phi) is 50.8. The fraction of sp³-hybridized carbons (Fsp3) is 0.877. The molecule has 0 aromatic carbocycles. The van der Waals surface area contributed by atoms with Gasteiger partial charge < -0.3 is 14.2 Å². The summed E-state index contributed by atoms with van der Waals surface area (Å²) in [5, 5.41) is 0. The fourth-order valence-electron chi connectivity index (χ4n) is 8.31. The van der Waals surface area contributed by atoms with Gasteiger partial charge in [0, 0.05) is 19.3 Å². The van der Waals surface area contributed by atoms with E-state index >= 15 is 0 Å².